The third kappa shape index (κ3) is 5.27. The maximum atomic E-state index is 14.1. The van der Waals surface area contributed by atoms with E-state index in [1.54, 1.807) is 43.5 Å². The molecule has 10 heteroatoms. The van der Waals surface area contributed by atoms with Crippen LogP contribution >= 0.6 is 0 Å². The number of halogens is 1. The maximum absolute atomic E-state index is 14.1. The smallest absolute Gasteiger partial charge is 0.243 e. The number of hydrogen-bond acceptors (Lipinski definition) is 7. The summed E-state index contributed by atoms with van der Waals surface area (Å²) in [6.45, 7) is 2.10. The molecule has 164 valence electrons. The number of pyridine rings is 2. The molecule has 0 bridgehead atoms. The average Bonchev–Trinajstić information content (AvgIpc) is 3.56. The Kier molecular flexibility index (Phi) is 6.03. The molecule has 8 nitrogen and oxygen atoms in total. The molecule has 1 aromatic carbocycles. The van der Waals surface area contributed by atoms with Crippen LogP contribution in [-0.4, -0.2) is 38.5 Å². The number of aliphatic hydroxyl groups excluding tert-OH is 1. The molecule has 0 unspecified atom stereocenters. The van der Waals surface area contributed by atoms with Crippen molar-refractivity contribution < 1.29 is 18.4 Å². The van der Waals surface area contributed by atoms with E-state index in [1.165, 1.54) is 6.07 Å². The Morgan fingerprint density at radius 1 is 1.32 bits per heavy atom. The van der Waals surface area contributed by atoms with Crippen LogP contribution in [0.1, 0.15) is 19.8 Å². The summed E-state index contributed by atoms with van der Waals surface area (Å²) in [4.78, 5) is 8.47. The van der Waals surface area contributed by atoms with Crippen LogP contribution in [0.4, 0.5) is 15.8 Å². The summed E-state index contributed by atoms with van der Waals surface area (Å²) < 4.78 is 42.9. The third-order valence-electron chi connectivity index (χ3n) is 4.86. The first-order valence-electron chi connectivity index (χ1n) is 9.98. The molecule has 1 aliphatic carbocycles. The van der Waals surface area contributed by atoms with E-state index in [9.17, 15) is 13.7 Å². The van der Waals surface area contributed by atoms with Crippen molar-refractivity contribution >= 4 is 32.2 Å². The van der Waals surface area contributed by atoms with Crippen LogP contribution in [-0.2, 0) is 9.92 Å². The summed E-state index contributed by atoms with van der Waals surface area (Å²) in [6, 6.07) is 9.53. The second-order valence-corrected chi connectivity index (χ2v) is 9.53. The van der Waals surface area contributed by atoms with Gasteiger partial charge in [-0.1, -0.05) is 0 Å². The van der Waals surface area contributed by atoms with E-state index in [0.717, 1.165) is 12.8 Å². The highest BCUT2D eigenvalue weighted by Gasteiger charge is 2.23. The monoisotopic (exact) mass is 445 g/mol. The van der Waals surface area contributed by atoms with Crippen LogP contribution in [0.25, 0.3) is 10.9 Å². The molecule has 2 heterocycles. The number of fused-ring (bicyclic) bond motifs is 1. The molecule has 1 aliphatic rings. The molecule has 0 spiro atoms. The van der Waals surface area contributed by atoms with Gasteiger partial charge in [-0.3, -0.25) is 4.98 Å². The number of nitrogens with one attached hydrogen (secondary N) is 3. The van der Waals surface area contributed by atoms with Gasteiger partial charge in [0.2, 0.25) is 11.8 Å². The second kappa shape index (κ2) is 8.74. The summed E-state index contributed by atoms with van der Waals surface area (Å²) in [5, 5.41) is 13.1. The van der Waals surface area contributed by atoms with Gasteiger partial charge in [0.15, 0.2) is 0 Å². The average molecular weight is 446 g/mol. The molecule has 4 rings (SSSR count). The summed E-state index contributed by atoms with van der Waals surface area (Å²) >= 11 is 0. The first-order valence-corrected chi connectivity index (χ1v) is 11.5. The number of aliphatic hydroxyl groups is 1. The number of ether oxygens (including phenoxy) is 1. The first kappa shape index (κ1) is 21.4. The van der Waals surface area contributed by atoms with E-state index in [4.69, 9.17) is 9.52 Å². The van der Waals surface area contributed by atoms with E-state index in [2.05, 4.69) is 20.0 Å². The van der Waals surface area contributed by atoms with Crippen molar-refractivity contribution in [2.75, 3.05) is 18.5 Å². The number of hydrogen-bond donors (Lipinski definition) is 4. The summed E-state index contributed by atoms with van der Waals surface area (Å²) in [5.41, 5.74) is 1.76. The predicted octanol–water partition coefficient (Wildman–Crippen LogP) is 3.59. The van der Waals surface area contributed by atoms with Crippen LogP contribution < -0.4 is 14.8 Å². The highest BCUT2D eigenvalue weighted by Crippen LogP contribution is 2.33. The molecule has 0 saturated heterocycles. The van der Waals surface area contributed by atoms with Crippen LogP contribution in [0, 0.1) is 16.6 Å². The molecular weight excluding hydrogens is 421 g/mol. The van der Waals surface area contributed by atoms with E-state index in [1.807, 2.05) is 0 Å². The zero-order valence-electron chi connectivity index (χ0n) is 17.0. The van der Waals surface area contributed by atoms with Crippen molar-refractivity contribution in [2.45, 2.75) is 30.8 Å². The van der Waals surface area contributed by atoms with Crippen LogP contribution in [0.5, 0.6) is 5.88 Å². The Bertz CT molecular complexity index is 1180. The SMILES string of the molecule is C[C@@H](O)CN[S@@](=N)(=O)c1ccc(Nc2ccnc3c(OCC4CC4)nc(F)cc23)cc1. The fourth-order valence-corrected chi connectivity index (χ4v) is 4.15. The van der Waals surface area contributed by atoms with Crippen LogP contribution in [0.3, 0.4) is 0 Å². The molecule has 1 saturated carbocycles. The Balaban J connectivity index is 1.57. The first-order chi connectivity index (χ1) is 14.8. The van der Waals surface area contributed by atoms with Gasteiger partial charge in [-0.25, -0.2) is 13.7 Å². The summed E-state index contributed by atoms with van der Waals surface area (Å²) in [5.74, 6) is 0.0316. The molecule has 1 fully saturated rings. The molecule has 2 aromatic heterocycles. The minimum atomic E-state index is -3.22. The van der Waals surface area contributed by atoms with Crippen LogP contribution in [0.15, 0.2) is 47.5 Å². The number of rotatable bonds is 9. The van der Waals surface area contributed by atoms with Crippen molar-refractivity contribution in [3.8, 4) is 5.88 Å². The molecular formula is C21H24FN5O3S. The number of benzene rings is 1. The van der Waals surface area contributed by atoms with Gasteiger partial charge in [0.25, 0.3) is 0 Å². The topological polar surface area (TPSA) is 120 Å². The Morgan fingerprint density at radius 2 is 2.06 bits per heavy atom. The minimum absolute atomic E-state index is 0.0517. The molecule has 31 heavy (non-hydrogen) atoms. The third-order valence-corrected chi connectivity index (χ3v) is 6.37. The van der Waals surface area contributed by atoms with Crippen molar-refractivity contribution in [2.24, 2.45) is 5.92 Å². The molecule has 3 aromatic rings. The van der Waals surface area contributed by atoms with Crippen molar-refractivity contribution in [1.82, 2.24) is 14.7 Å². The Labute approximate surface area is 180 Å². The van der Waals surface area contributed by atoms with E-state index in [0.29, 0.717) is 39.7 Å². The lowest BCUT2D eigenvalue weighted by Gasteiger charge is -2.14. The van der Waals surface area contributed by atoms with Gasteiger partial charge in [0.1, 0.15) is 15.4 Å². The fourth-order valence-electron chi connectivity index (χ4n) is 2.99. The quantitative estimate of drug-likeness (QED) is 0.374. The van der Waals surface area contributed by atoms with E-state index < -0.39 is 22.0 Å². The lowest BCUT2D eigenvalue weighted by Crippen LogP contribution is -2.29. The number of anilines is 2. The normalized spacial score (nSPS) is 16.6. The molecule has 2 atom stereocenters. The Morgan fingerprint density at radius 3 is 2.74 bits per heavy atom. The Hall–Kier alpha value is -2.82. The zero-order valence-corrected chi connectivity index (χ0v) is 17.8. The van der Waals surface area contributed by atoms with Gasteiger partial charge in [-0.2, -0.15) is 9.37 Å². The van der Waals surface area contributed by atoms with Gasteiger partial charge >= 0.3 is 0 Å². The molecule has 0 amide bonds. The van der Waals surface area contributed by atoms with Gasteiger partial charge in [0, 0.05) is 35.6 Å². The van der Waals surface area contributed by atoms with E-state index in [-0.39, 0.29) is 12.4 Å². The second-order valence-electron chi connectivity index (χ2n) is 7.66. The minimum Gasteiger partial charge on any atom is -0.476 e. The maximum Gasteiger partial charge on any atom is 0.243 e. The van der Waals surface area contributed by atoms with Crippen molar-refractivity contribution in [3.05, 3.63) is 48.5 Å². The summed E-state index contributed by atoms with van der Waals surface area (Å²) in [7, 11) is -3.22. The number of aromatic nitrogens is 2. The van der Waals surface area contributed by atoms with Crippen molar-refractivity contribution in [3.63, 3.8) is 0 Å². The van der Waals surface area contributed by atoms with Gasteiger partial charge < -0.3 is 15.2 Å². The van der Waals surface area contributed by atoms with Gasteiger partial charge in [-0.15, -0.1) is 0 Å². The molecule has 0 radical (unpaired) electrons. The van der Waals surface area contributed by atoms with Crippen molar-refractivity contribution in [1.29, 1.82) is 4.78 Å². The predicted molar refractivity (Wildman–Crippen MR) is 116 cm³/mol. The summed E-state index contributed by atoms with van der Waals surface area (Å²) in [6.07, 6.45) is 3.12. The molecule has 4 N–H and O–H groups in total. The number of nitrogens with zero attached hydrogens (tertiary/aromatic N) is 2. The zero-order chi connectivity index (χ0) is 22.0. The van der Waals surface area contributed by atoms with Gasteiger partial charge in [0.05, 0.1) is 17.6 Å². The van der Waals surface area contributed by atoms with Gasteiger partial charge in [-0.05, 0) is 56.0 Å². The largest absolute Gasteiger partial charge is 0.476 e. The fraction of sp³-hybridized carbons (Fsp3) is 0.333. The molecule has 0 aliphatic heterocycles. The lowest BCUT2D eigenvalue weighted by molar-refractivity contribution is 0.199. The highest BCUT2D eigenvalue weighted by molar-refractivity contribution is 7.90. The standard InChI is InChI=1S/C21H24FN5O3S/c1-13(28)11-25-31(23,29)16-6-4-15(5-7-16)26-18-8-9-24-20-17(18)10-19(22)27-21(20)30-12-14-2-3-14/h4-10,13-14,28H,2-3,11-12H2,1H3,(H,24,26)(H2,23,25,29)/t13-,31-/m1/s1. The highest BCUT2D eigenvalue weighted by atomic mass is 32.2. The van der Waals surface area contributed by atoms with E-state index >= 15 is 0 Å². The lowest BCUT2D eigenvalue weighted by atomic mass is 10.2. The van der Waals surface area contributed by atoms with Crippen LogP contribution in [0.2, 0.25) is 0 Å².